The molecule has 5 nitrogen and oxygen atoms in total. The summed E-state index contributed by atoms with van der Waals surface area (Å²) < 4.78 is 38.2. The third-order valence-electron chi connectivity index (χ3n) is 3.62. The van der Waals surface area contributed by atoms with Gasteiger partial charge in [-0.25, -0.2) is 0 Å². The molecule has 0 radical (unpaired) electrons. The van der Waals surface area contributed by atoms with Crippen LogP contribution in [-0.4, -0.2) is 45.7 Å². The van der Waals surface area contributed by atoms with E-state index in [9.17, 15) is 22.8 Å². The van der Waals surface area contributed by atoms with Crippen molar-refractivity contribution in [3.63, 3.8) is 0 Å². The van der Waals surface area contributed by atoms with E-state index in [0.717, 1.165) is 4.57 Å². The number of likely N-dealkylation sites (tertiary alicyclic amines) is 1. The molecule has 0 spiro atoms. The molecule has 21 heavy (non-hydrogen) atoms. The summed E-state index contributed by atoms with van der Waals surface area (Å²) >= 11 is 0. The number of amides is 1. The number of carbonyl (C=O) groups is 2. The second-order valence-electron chi connectivity index (χ2n) is 5.27. The number of rotatable bonds is 3. The summed E-state index contributed by atoms with van der Waals surface area (Å²) in [5, 5.41) is 9.03. The zero-order valence-electron chi connectivity index (χ0n) is 11.3. The SMILES string of the molecule is C[C@@H]1CN(C(=O)c2cccn2CC(F)(F)F)C[C@H]1C(=O)O. The molecule has 1 saturated heterocycles. The molecule has 0 unspecified atom stereocenters. The van der Waals surface area contributed by atoms with Crippen molar-refractivity contribution in [1.29, 1.82) is 0 Å². The molecule has 2 rings (SSSR count). The first-order valence-corrected chi connectivity index (χ1v) is 6.43. The van der Waals surface area contributed by atoms with E-state index in [2.05, 4.69) is 0 Å². The van der Waals surface area contributed by atoms with E-state index >= 15 is 0 Å². The van der Waals surface area contributed by atoms with Crippen molar-refractivity contribution in [2.45, 2.75) is 19.6 Å². The van der Waals surface area contributed by atoms with Crippen molar-refractivity contribution in [2.75, 3.05) is 13.1 Å². The molecule has 8 heteroatoms. The molecule has 1 fully saturated rings. The van der Waals surface area contributed by atoms with Crippen LogP contribution in [0.4, 0.5) is 13.2 Å². The molecule has 1 aliphatic rings. The second-order valence-corrected chi connectivity index (χ2v) is 5.27. The Morgan fingerprint density at radius 1 is 1.38 bits per heavy atom. The van der Waals surface area contributed by atoms with Gasteiger partial charge in [-0.3, -0.25) is 9.59 Å². The van der Waals surface area contributed by atoms with Gasteiger partial charge in [0.15, 0.2) is 0 Å². The summed E-state index contributed by atoms with van der Waals surface area (Å²) in [7, 11) is 0. The zero-order valence-corrected chi connectivity index (χ0v) is 11.3. The lowest BCUT2D eigenvalue weighted by Crippen LogP contribution is -2.32. The van der Waals surface area contributed by atoms with Crippen LogP contribution < -0.4 is 0 Å². The number of aromatic nitrogens is 1. The average Bonchev–Trinajstić information content (AvgIpc) is 2.92. The van der Waals surface area contributed by atoms with Gasteiger partial charge in [0, 0.05) is 19.3 Å². The molecule has 1 amide bonds. The van der Waals surface area contributed by atoms with E-state index in [4.69, 9.17) is 5.11 Å². The number of hydrogen-bond donors (Lipinski definition) is 1. The van der Waals surface area contributed by atoms with Gasteiger partial charge in [0.25, 0.3) is 5.91 Å². The van der Waals surface area contributed by atoms with Crippen molar-refractivity contribution < 1.29 is 27.9 Å². The summed E-state index contributed by atoms with van der Waals surface area (Å²) in [4.78, 5) is 24.6. The van der Waals surface area contributed by atoms with Crippen LogP contribution >= 0.6 is 0 Å². The molecule has 1 aromatic rings. The number of alkyl halides is 3. The molecule has 1 aliphatic heterocycles. The Balaban J connectivity index is 2.15. The molecule has 2 heterocycles. The van der Waals surface area contributed by atoms with Gasteiger partial charge in [-0.15, -0.1) is 0 Å². The van der Waals surface area contributed by atoms with Crippen LogP contribution in [0.3, 0.4) is 0 Å². The predicted molar refractivity (Wildman–Crippen MR) is 66.7 cm³/mol. The van der Waals surface area contributed by atoms with Crippen LogP contribution in [0.1, 0.15) is 17.4 Å². The first-order chi connectivity index (χ1) is 9.69. The van der Waals surface area contributed by atoms with Crippen LogP contribution in [0, 0.1) is 11.8 Å². The first kappa shape index (κ1) is 15.4. The fraction of sp³-hybridized carbons (Fsp3) is 0.538. The smallest absolute Gasteiger partial charge is 0.406 e. The Morgan fingerprint density at radius 3 is 2.57 bits per heavy atom. The van der Waals surface area contributed by atoms with Gasteiger partial charge >= 0.3 is 12.1 Å². The van der Waals surface area contributed by atoms with Crippen molar-refractivity contribution in [3.8, 4) is 0 Å². The molecular formula is C13H15F3N2O3. The molecule has 1 aromatic heterocycles. The zero-order chi connectivity index (χ0) is 15.8. The van der Waals surface area contributed by atoms with Crippen molar-refractivity contribution >= 4 is 11.9 Å². The van der Waals surface area contributed by atoms with Crippen molar-refractivity contribution in [2.24, 2.45) is 11.8 Å². The van der Waals surface area contributed by atoms with Gasteiger partial charge in [0.05, 0.1) is 5.92 Å². The van der Waals surface area contributed by atoms with Gasteiger partial charge in [0.2, 0.25) is 0 Å². The van der Waals surface area contributed by atoms with Gasteiger partial charge in [-0.1, -0.05) is 6.92 Å². The number of halogens is 3. The van der Waals surface area contributed by atoms with Gasteiger partial charge in [-0.05, 0) is 18.1 Å². The van der Waals surface area contributed by atoms with E-state index in [1.807, 2.05) is 0 Å². The van der Waals surface area contributed by atoms with Gasteiger partial charge < -0.3 is 14.6 Å². The Morgan fingerprint density at radius 2 is 2.05 bits per heavy atom. The maximum Gasteiger partial charge on any atom is 0.406 e. The topological polar surface area (TPSA) is 62.5 Å². The van der Waals surface area contributed by atoms with Crippen LogP contribution in [0.2, 0.25) is 0 Å². The second kappa shape index (κ2) is 5.42. The van der Waals surface area contributed by atoms with Gasteiger partial charge in [-0.2, -0.15) is 13.2 Å². The lowest BCUT2D eigenvalue weighted by Gasteiger charge is -2.18. The minimum Gasteiger partial charge on any atom is -0.481 e. The molecule has 0 aromatic carbocycles. The molecule has 0 bridgehead atoms. The molecule has 1 N–H and O–H groups in total. The number of nitrogens with zero attached hydrogens (tertiary/aromatic N) is 2. The fourth-order valence-corrected chi connectivity index (χ4v) is 2.56. The standard InChI is InChI=1S/C13H15F3N2O3/c1-8-5-18(6-9(8)12(20)21)11(19)10-3-2-4-17(10)7-13(14,15)16/h2-4,8-9H,5-7H2,1H3,(H,20,21)/t8-,9-/m1/s1. The van der Waals surface area contributed by atoms with Crippen LogP contribution in [0.15, 0.2) is 18.3 Å². The number of hydrogen-bond acceptors (Lipinski definition) is 2. The number of carboxylic acid groups (broad SMARTS) is 1. The minimum atomic E-state index is -4.42. The molecule has 2 atom stereocenters. The summed E-state index contributed by atoms with van der Waals surface area (Å²) in [5.41, 5.74) is -0.0782. The monoisotopic (exact) mass is 304 g/mol. The number of carbonyl (C=O) groups excluding carboxylic acids is 1. The third kappa shape index (κ3) is 3.37. The highest BCUT2D eigenvalue weighted by Crippen LogP contribution is 2.26. The quantitative estimate of drug-likeness (QED) is 0.927. The fourth-order valence-electron chi connectivity index (χ4n) is 2.56. The normalized spacial score (nSPS) is 22.6. The lowest BCUT2D eigenvalue weighted by molar-refractivity contribution is -0.142. The van der Waals surface area contributed by atoms with E-state index in [1.165, 1.54) is 23.2 Å². The van der Waals surface area contributed by atoms with E-state index in [0.29, 0.717) is 0 Å². The third-order valence-corrected chi connectivity index (χ3v) is 3.62. The molecule has 116 valence electrons. The Hall–Kier alpha value is -1.99. The maximum absolute atomic E-state index is 12.4. The summed E-state index contributed by atoms with van der Waals surface area (Å²) in [6.45, 7) is 0.715. The summed E-state index contributed by atoms with van der Waals surface area (Å²) in [5.74, 6) is -2.47. The van der Waals surface area contributed by atoms with E-state index in [-0.39, 0.29) is 24.7 Å². The molecular weight excluding hydrogens is 289 g/mol. The maximum atomic E-state index is 12.4. The van der Waals surface area contributed by atoms with E-state index < -0.39 is 30.5 Å². The van der Waals surface area contributed by atoms with E-state index in [1.54, 1.807) is 6.92 Å². The van der Waals surface area contributed by atoms with Crippen LogP contribution in [-0.2, 0) is 11.3 Å². The van der Waals surface area contributed by atoms with Gasteiger partial charge in [0.1, 0.15) is 12.2 Å². The lowest BCUT2D eigenvalue weighted by atomic mass is 9.99. The first-order valence-electron chi connectivity index (χ1n) is 6.43. The summed E-state index contributed by atoms with van der Waals surface area (Å²) in [6.07, 6.45) is -3.23. The van der Waals surface area contributed by atoms with Crippen molar-refractivity contribution in [3.05, 3.63) is 24.0 Å². The van der Waals surface area contributed by atoms with Crippen molar-refractivity contribution in [1.82, 2.24) is 9.47 Å². The minimum absolute atomic E-state index is 0.0204. The summed E-state index contributed by atoms with van der Waals surface area (Å²) in [6, 6.07) is 2.68. The highest BCUT2D eigenvalue weighted by molar-refractivity contribution is 5.93. The number of aliphatic carboxylic acids is 1. The number of carboxylic acids is 1. The highest BCUT2D eigenvalue weighted by atomic mass is 19.4. The van der Waals surface area contributed by atoms with Crippen LogP contribution in [0.5, 0.6) is 0 Å². The van der Waals surface area contributed by atoms with Crippen LogP contribution in [0.25, 0.3) is 0 Å². The largest absolute Gasteiger partial charge is 0.481 e. The molecule has 0 saturated carbocycles. The Bertz CT molecular complexity index is 553. The molecule has 0 aliphatic carbocycles. The predicted octanol–water partition coefficient (Wildman–Crippen LogP) is 1.84. The Labute approximate surface area is 119 Å². The highest BCUT2D eigenvalue weighted by Gasteiger charge is 2.38. The average molecular weight is 304 g/mol. The Kier molecular flexibility index (Phi) is 3.97.